The number of halogens is 2. The fourth-order valence-electron chi connectivity index (χ4n) is 3.53. The van der Waals surface area contributed by atoms with Gasteiger partial charge in [0.05, 0.1) is 6.10 Å². The lowest BCUT2D eigenvalue weighted by Crippen LogP contribution is -2.43. The molecular formula is C19H29F2NO. The van der Waals surface area contributed by atoms with E-state index < -0.39 is 5.92 Å². The standard InChI is InChI=1S/C19H29F2NO/c1-14(22-11-9-17(23)10-12-22)13-18(2,3)15-5-7-16(8-6-15)19(4,20)21/h5-8,14,17,23H,9-13H2,1-4H3. The van der Waals surface area contributed by atoms with Crippen molar-refractivity contribution < 1.29 is 13.9 Å². The minimum Gasteiger partial charge on any atom is -0.393 e. The number of piperidine rings is 1. The highest BCUT2D eigenvalue weighted by molar-refractivity contribution is 5.30. The number of likely N-dealkylation sites (tertiary alicyclic amines) is 1. The Morgan fingerprint density at radius 1 is 1.09 bits per heavy atom. The second kappa shape index (κ2) is 6.86. The quantitative estimate of drug-likeness (QED) is 0.872. The van der Waals surface area contributed by atoms with Crippen molar-refractivity contribution in [2.24, 2.45) is 0 Å². The highest BCUT2D eigenvalue weighted by atomic mass is 19.3. The predicted octanol–water partition coefficient (Wildman–Crippen LogP) is 4.31. The Balaban J connectivity index is 2.03. The van der Waals surface area contributed by atoms with Gasteiger partial charge in [0.25, 0.3) is 5.92 Å². The Hall–Kier alpha value is -1.00. The Morgan fingerprint density at radius 3 is 2.04 bits per heavy atom. The third-order valence-corrected chi connectivity index (χ3v) is 5.10. The van der Waals surface area contributed by atoms with Crippen molar-refractivity contribution in [2.75, 3.05) is 13.1 Å². The van der Waals surface area contributed by atoms with Gasteiger partial charge in [0, 0.05) is 31.6 Å². The molecule has 1 heterocycles. The van der Waals surface area contributed by atoms with Crippen LogP contribution in [0.25, 0.3) is 0 Å². The number of nitrogens with zero attached hydrogens (tertiary/aromatic N) is 1. The van der Waals surface area contributed by atoms with Crippen molar-refractivity contribution >= 4 is 0 Å². The first kappa shape index (κ1) is 18.3. The third kappa shape index (κ3) is 4.74. The molecule has 0 amide bonds. The van der Waals surface area contributed by atoms with Crippen LogP contribution in [-0.4, -0.2) is 35.2 Å². The molecule has 0 aromatic heterocycles. The van der Waals surface area contributed by atoms with E-state index in [4.69, 9.17) is 0 Å². The molecule has 0 radical (unpaired) electrons. The number of rotatable bonds is 5. The molecule has 0 spiro atoms. The summed E-state index contributed by atoms with van der Waals surface area (Å²) in [6, 6.07) is 7.15. The molecule has 1 aromatic rings. The van der Waals surface area contributed by atoms with E-state index >= 15 is 0 Å². The minimum atomic E-state index is -2.79. The van der Waals surface area contributed by atoms with Gasteiger partial charge in [0.1, 0.15) is 0 Å². The summed E-state index contributed by atoms with van der Waals surface area (Å²) in [6.45, 7) is 9.34. The summed E-state index contributed by atoms with van der Waals surface area (Å²) in [5.41, 5.74) is 1.08. The average molecular weight is 325 g/mol. The molecule has 1 unspecified atom stereocenters. The zero-order chi connectivity index (χ0) is 17.3. The zero-order valence-electron chi connectivity index (χ0n) is 14.6. The van der Waals surface area contributed by atoms with Crippen LogP contribution in [0.1, 0.15) is 58.1 Å². The van der Waals surface area contributed by atoms with Crippen LogP contribution in [0.3, 0.4) is 0 Å². The second-order valence-corrected chi connectivity index (χ2v) is 7.67. The zero-order valence-corrected chi connectivity index (χ0v) is 14.6. The molecular weight excluding hydrogens is 296 g/mol. The van der Waals surface area contributed by atoms with E-state index in [1.807, 2.05) is 12.1 Å². The molecule has 2 rings (SSSR count). The second-order valence-electron chi connectivity index (χ2n) is 7.67. The molecule has 0 saturated carbocycles. The SMILES string of the molecule is CC(CC(C)(C)c1ccc(C(C)(F)F)cc1)N1CCC(O)CC1. The highest BCUT2D eigenvalue weighted by Gasteiger charge is 2.29. The topological polar surface area (TPSA) is 23.5 Å². The predicted molar refractivity (Wildman–Crippen MR) is 89.9 cm³/mol. The van der Waals surface area contributed by atoms with E-state index in [1.54, 1.807) is 12.1 Å². The van der Waals surface area contributed by atoms with Crippen molar-refractivity contribution in [1.29, 1.82) is 0 Å². The summed E-state index contributed by atoms with van der Waals surface area (Å²) in [7, 11) is 0. The molecule has 0 aliphatic carbocycles. The van der Waals surface area contributed by atoms with Gasteiger partial charge < -0.3 is 10.0 Å². The van der Waals surface area contributed by atoms with E-state index in [0.29, 0.717) is 6.04 Å². The number of benzene rings is 1. The molecule has 0 bridgehead atoms. The van der Waals surface area contributed by atoms with Gasteiger partial charge >= 0.3 is 0 Å². The molecule has 130 valence electrons. The lowest BCUT2D eigenvalue weighted by atomic mass is 9.78. The van der Waals surface area contributed by atoms with Crippen LogP contribution >= 0.6 is 0 Å². The first-order chi connectivity index (χ1) is 10.6. The van der Waals surface area contributed by atoms with E-state index in [-0.39, 0.29) is 17.1 Å². The van der Waals surface area contributed by atoms with Gasteiger partial charge in [0.2, 0.25) is 0 Å². The van der Waals surface area contributed by atoms with Gasteiger partial charge in [-0.15, -0.1) is 0 Å². The molecule has 1 aliphatic heterocycles. The summed E-state index contributed by atoms with van der Waals surface area (Å²) < 4.78 is 26.7. The first-order valence-electron chi connectivity index (χ1n) is 8.50. The van der Waals surface area contributed by atoms with E-state index in [1.165, 1.54) is 0 Å². The van der Waals surface area contributed by atoms with Gasteiger partial charge in [-0.2, -0.15) is 0 Å². The molecule has 1 atom stereocenters. The summed E-state index contributed by atoms with van der Waals surface area (Å²) in [4.78, 5) is 2.42. The monoisotopic (exact) mass is 325 g/mol. The van der Waals surface area contributed by atoms with Gasteiger partial charge in [-0.25, -0.2) is 8.78 Å². The largest absolute Gasteiger partial charge is 0.393 e. The van der Waals surface area contributed by atoms with Crippen molar-refractivity contribution in [3.05, 3.63) is 35.4 Å². The van der Waals surface area contributed by atoms with Gasteiger partial charge in [-0.1, -0.05) is 38.1 Å². The normalized spacial score (nSPS) is 19.8. The molecule has 1 aromatic carbocycles. The molecule has 4 heteroatoms. The van der Waals surface area contributed by atoms with Crippen LogP contribution in [0.4, 0.5) is 8.78 Å². The number of aliphatic hydroxyl groups is 1. The average Bonchev–Trinajstić information content (AvgIpc) is 2.46. The van der Waals surface area contributed by atoms with E-state index in [9.17, 15) is 13.9 Å². The maximum Gasteiger partial charge on any atom is 0.270 e. The third-order valence-electron chi connectivity index (χ3n) is 5.10. The molecule has 1 fully saturated rings. The van der Waals surface area contributed by atoms with Crippen LogP contribution in [0, 0.1) is 0 Å². The molecule has 1 N–H and O–H groups in total. The Kier molecular flexibility index (Phi) is 5.47. The van der Waals surface area contributed by atoms with Gasteiger partial charge in [0.15, 0.2) is 0 Å². The smallest absolute Gasteiger partial charge is 0.270 e. The number of hydrogen-bond donors (Lipinski definition) is 1. The van der Waals surface area contributed by atoms with Crippen molar-refractivity contribution in [1.82, 2.24) is 4.90 Å². The van der Waals surface area contributed by atoms with Crippen LogP contribution in [0.5, 0.6) is 0 Å². The molecule has 1 saturated heterocycles. The van der Waals surface area contributed by atoms with E-state index in [0.717, 1.165) is 44.8 Å². The number of aliphatic hydroxyl groups excluding tert-OH is 1. The maximum atomic E-state index is 13.3. The van der Waals surface area contributed by atoms with Crippen LogP contribution < -0.4 is 0 Å². The summed E-state index contributed by atoms with van der Waals surface area (Å²) in [5.74, 6) is -2.79. The number of alkyl halides is 2. The van der Waals surface area contributed by atoms with Crippen LogP contribution in [0.15, 0.2) is 24.3 Å². The van der Waals surface area contributed by atoms with Gasteiger partial charge in [-0.3, -0.25) is 0 Å². The Labute approximate surface area is 138 Å². The van der Waals surface area contributed by atoms with Crippen LogP contribution in [-0.2, 0) is 11.3 Å². The summed E-state index contributed by atoms with van der Waals surface area (Å²) >= 11 is 0. The summed E-state index contributed by atoms with van der Waals surface area (Å²) in [5, 5.41) is 9.62. The Morgan fingerprint density at radius 2 is 1.57 bits per heavy atom. The lowest BCUT2D eigenvalue weighted by molar-refractivity contribution is 0.0174. The maximum absolute atomic E-state index is 13.3. The van der Waals surface area contributed by atoms with Crippen molar-refractivity contribution in [2.45, 2.75) is 70.4 Å². The fourth-order valence-corrected chi connectivity index (χ4v) is 3.53. The highest BCUT2D eigenvalue weighted by Crippen LogP contribution is 2.33. The minimum absolute atomic E-state index is 0.0649. The van der Waals surface area contributed by atoms with Gasteiger partial charge in [-0.05, 0) is 37.2 Å². The van der Waals surface area contributed by atoms with Crippen molar-refractivity contribution in [3.63, 3.8) is 0 Å². The fraction of sp³-hybridized carbons (Fsp3) is 0.684. The first-order valence-corrected chi connectivity index (χ1v) is 8.50. The molecule has 1 aliphatic rings. The van der Waals surface area contributed by atoms with E-state index in [2.05, 4.69) is 25.7 Å². The summed E-state index contributed by atoms with van der Waals surface area (Å²) in [6.07, 6.45) is 2.48. The van der Waals surface area contributed by atoms with Crippen molar-refractivity contribution in [3.8, 4) is 0 Å². The van der Waals surface area contributed by atoms with Crippen LogP contribution in [0.2, 0.25) is 0 Å². The molecule has 23 heavy (non-hydrogen) atoms. The number of hydrogen-bond acceptors (Lipinski definition) is 2. The Bertz CT molecular complexity index is 499. The lowest BCUT2D eigenvalue weighted by Gasteiger charge is -2.38. The molecule has 2 nitrogen and oxygen atoms in total.